The molecule has 1 nitrogen and oxygen atoms in total. The number of nitrogens with one attached hydrogen (secondary N) is 1. The summed E-state index contributed by atoms with van der Waals surface area (Å²) in [7, 11) is 0. The third kappa shape index (κ3) is 4.01. The van der Waals surface area contributed by atoms with E-state index in [0.717, 1.165) is 24.3 Å². The normalized spacial score (nSPS) is 11.7. The van der Waals surface area contributed by atoms with Crippen LogP contribution in [0.3, 0.4) is 0 Å². The standard InChI is InChI=1S/C15H12F5N/c16-13-2-1-3-14(17)12(13)9-21-8-10-4-6-11(7-5-10)15(18,19)20/h1-7,21H,8-9H2. The number of rotatable bonds is 4. The average Bonchev–Trinajstić information content (AvgIpc) is 2.42. The molecule has 0 radical (unpaired) electrons. The maximum Gasteiger partial charge on any atom is 0.416 e. The molecule has 6 heteroatoms. The number of hydrogen-bond acceptors (Lipinski definition) is 1. The first kappa shape index (κ1) is 15.4. The number of hydrogen-bond donors (Lipinski definition) is 1. The predicted octanol–water partition coefficient (Wildman–Crippen LogP) is 4.27. The van der Waals surface area contributed by atoms with Crippen LogP contribution >= 0.6 is 0 Å². The summed E-state index contributed by atoms with van der Waals surface area (Å²) in [5.41, 5.74) is -0.226. The molecule has 21 heavy (non-hydrogen) atoms. The number of halogens is 5. The minimum Gasteiger partial charge on any atom is -0.308 e. The Hall–Kier alpha value is -1.95. The van der Waals surface area contributed by atoms with E-state index in [1.54, 1.807) is 0 Å². The van der Waals surface area contributed by atoms with Crippen LogP contribution < -0.4 is 5.32 Å². The van der Waals surface area contributed by atoms with Gasteiger partial charge in [-0.2, -0.15) is 13.2 Å². The van der Waals surface area contributed by atoms with Gasteiger partial charge in [0.2, 0.25) is 0 Å². The first-order chi connectivity index (χ1) is 9.88. The summed E-state index contributed by atoms with van der Waals surface area (Å²) in [5, 5.41) is 2.80. The summed E-state index contributed by atoms with van der Waals surface area (Å²) in [6, 6.07) is 8.17. The summed E-state index contributed by atoms with van der Waals surface area (Å²) < 4.78 is 63.9. The largest absolute Gasteiger partial charge is 0.416 e. The molecular formula is C15H12F5N. The molecule has 0 heterocycles. The second-order valence-electron chi connectivity index (χ2n) is 4.50. The van der Waals surface area contributed by atoms with E-state index in [1.165, 1.54) is 18.2 Å². The molecule has 0 unspecified atom stereocenters. The summed E-state index contributed by atoms with van der Waals surface area (Å²) in [5.74, 6) is -1.31. The zero-order chi connectivity index (χ0) is 15.5. The van der Waals surface area contributed by atoms with Gasteiger partial charge in [0.1, 0.15) is 11.6 Å². The second kappa shape index (κ2) is 6.22. The molecule has 0 saturated heterocycles. The molecule has 0 aliphatic rings. The van der Waals surface area contributed by atoms with Crippen molar-refractivity contribution in [2.24, 2.45) is 0 Å². The van der Waals surface area contributed by atoms with E-state index in [0.29, 0.717) is 5.56 Å². The third-order valence-corrected chi connectivity index (χ3v) is 2.97. The van der Waals surface area contributed by atoms with Crippen molar-refractivity contribution in [2.45, 2.75) is 19.3 Å². The van der Waals surface area contributed by atoms with Gasteiger partial charge in [-0.05, 0) is 29.8 Å². The lowest BCUT2D eigenvalue weighted by Gasteiger charge is -2.09. The number of alkyl halides is 3. The third-order valence-electron chi connectivity index (χ3n) is 2.97. The van der Waals surface area contributed by atoms with E-state index < -0.39 is 23.4 Å². The first-order valence-corrected chi connectivity index (χ1v) is 6.17. The van der Waals surface area contributed by atoms with E-state index in [2.05, 4.69) is 5.32 Å². The van der Waals surface area contributed by atoms with Crippen molar-refractivity contribution < 1.29 is 22.0 Å². The van der Waals surface area contributed by atoms with Crippen LogP contribution in [0.2, 0.25) is 0 Å². The van der Waals surface area contributed by atoms with Crippen molar-refractivity contribution in [3.8, 4) is 0 Å². The Kier molecular flexibility index (Phi) is 4.57. The molecule has 2 rings (SSSR count). The highest BCUT2D eigenvalue weighted by atomic mass is 19.4. The molecule has 0 fully saturated rings. The Balaban J connectivity index is 1.95. The highest BCUT2D eigenvalue weighted by Crippen LogP contribution is 2.29. The Morgan fingerprint density at radius 1 is 0.810 bits per heavy atom. The van der Waals surface area contributed by atoms with E-state index in [1.807, 2.05) is 0 Å². The molecule has 1 N–H and O–H groups in total. The van der Waals surface area contributed by atoms with Crippen LogP contribution in [0.4, 0.5) is 22.0 Å². The highest BCUT2D eigenvalue weighted by Gasteiger charge is 2.29. The maximum atomic E-state index is 13.4. The smallest absolute Gasteiger partial charge is 0.308 e. The average molecular weight is 301 g/mol. The summed E-state index contributed by atoms with van der Waals surface area (Å²) in [6.07, 6.45) is -4.37. The lowest BCUT2D eigenvalue weighted by molar-refractivity contribution is -0.137. The van der Waals surface area contributed by atoms with Crippen LogP contribution in [0.15, 0.2) is 42.5 Å². The molecule has 0 atom stereocenters. The van der Waals surface area contributed by atoms with Crippen LogP contribution in [0.5, 0.6) is 0 Å². The molecule has 0 spiro atoms. The quantitative estimate of drug-likeness (QED) is 0.831. The minimum absolute atomic E-state index is 0.0421. The Labute approximate surface area is 118 Å². The van der Waals surface area contributed by atoms with Crippen LogP contribution in [-0.4, -0.2) is 0 Å². The van der Waals surface area contributed by atoms with Gasteiger partial charge in [0.25, 0.3) is 0 Å². The monoisotopic (exact) mass is 301 g/mol. The topological polar surface area (TPSA) is 12.0 Å². The molecule has 0 bridgehead atoms. The fourth-order valence-corrected chi connectivity index (χ4v) is 1.84. The Bertz CT molecular complexity index is 584. The number of benzene rings is 2. The van der Waals surface area contributed by atoms with Gasteiger partial charge in [0.15, 0.2) is 0 Å². The molecule has 0 aliphatic carbocycles. The fraction of sp³-hybridized carbons (Fsp3) is 0.200. The maximum absolute atomic E-state index is 13.4. The van der Waals surface area contributed by atoms with Crippen LogP contribution in [0, 0.1) is 11.6 Å². The highest BCUT2D eigenvalue weighted by molar-refractivity contribution is 5.25. The van der Waals surface area contributed by atoms with Crippen molar-refractivity contribution in [1.82, 2.24) is 5.32 Å². The van der Waals surface area contributed by atoms with Gasteiger partial charge in [-0.25, -0.2) is 8.78 Å². The Morgan fingerprint density at radius 3 is 1.90 bits per heavy atom. The van der Waals surface area contributed by atoms with Crippen molar-refractivity contribution in [2.75, 3.05) is 0 Å². The van der Waals surface area contributed by atoms with Crippen molar-refractivity contribution >= 4 is 0 Å². The van der Waals surface area contributed by atoms with Crippen molar-refractivity contribution in [3.63, 3.8) is 0 Å². The summed E-state index contributed by atoms with van der Waals surface area (Å²) >= 11 is 0. The molecule has 0 aromatic heterocycles. The molecule has 2 aromatic carbocycles. The van der Waals surface area contributed by atoms with E-state index in [-0.39, 0.29) is 18.7 Å². The molecule has 2 aromatic rings. The summed E-state index contributed by atoms with van der Waals surface area (Å²) in [6.45, 7) is 0.172. The second-order valence-corrected chi connectivity index (χ2v) is 4.50. The zero-order valence-corrected chi connectivity index (χ0v) is 10.8. The summed E-state index contributed by atoms with van der Waals surface area (Å²) in [4.78, 5) is 0. The van der Waals surface area contributed by atoms with Crippen molar-refractivity contribution in [3.05, 3.63) is 70.8 Å². The molecule has 0 amide bonds. The zero-order valence-electron chi connectivity index (χ0n) is 10.8. The SMILES string of the molecule is Fc1cccc(F)c1CNCc1ccc(C(F)(F)F)cc1. The van der Waals surface area contributed by atoms with Gasteiger partial charge >= 0.3 is 6.18 Å². The fourth-order valence-electron chi connectivity index (χ4n) is 1.84. The van der Waals surface area contributed by atoms with E-state index in [4.69, 9.17) is 0 Å². The van der Waals surface area contributed by atoms with E-state index >= 15 is 0 Å². The van der Waals surface area contributed by atoms with Gasteiger partial charge in [-0.1, -0.05) is 18.2 Å². The lowest BCUT2D eigenvalue weighted by Crippen LogP contribution is -2.15. The van der Waals surface area contributed by atoms with Crippen molar-refractivity contribution in [1.29, 1.82) is 0 Å². The first-order valence-electron chi connectivity index (χ1n) is 6.17. The van der Waals surface area contributed by atoms with Gasteiger partial charge in [-0.3, -0.25) is 0 Å². The van der Waals surface area contributed by atoms with E-state index in [9.17, 15) is 22.0 Å². The lowest BCUT2D eigenvalue weighted by atomic mass is 10.1. The molecular weight excluding hydrogens is 289 g/mol. The molecule has 112 valence electrons. The van der Waals surface area contributed by atoms with Crippen LogP contribution in [0.25, 0.3) is 0 Å². The molecule has 0 saturated carbocycles. The minimum atomic E-state index is -4.37. The predicted molar refractivity (Wildman–Crippen MR) is 68.3 cm³/mol. The van der Waals surface area contributed by atoms with Gasteiger partial charge < -0.3 is 5.32 Å². The van der Waals surface area contributed by atoms with Gasteiger partial charge in [-0.15, -0.1) is 0 Å². The van der Waals surface area contributed by atoms with Gasteiger partial charge in [0, 0.05) is 18.7 Å². The Morgan fingerprint density at radius 2 is 1.38 bits per heavy atom. The molecule has 0 aliphatic heterocycles. The van der Waals surface area contributed by atoms with Gasteiger partial charge in [0.05, 0.1) is 5.56 Å². The van der Waals surface area contributed by atoms with Crippen LogP contribution in [-0.2, 0) is 19.3 Å². The van der Waals surface area contributed by atoms with Crippen LogP contribution in [0.1, 0.15) is 16.7 Å².